The lowest BCUT2D eigenvalue weighted by atomic mass is 9.89. The predicted octanol–water partition coefficient (Wildman–Crippen LogP) is 3.12. The zero-order valence-corrected chi connectivity index (χ0v) is 13.3. The molecule has 1 aliphatic rings. The molecule has 1 fully saturated rings. The average molecular weight is 295 g/mol. The monoisotopic (exact) mass is 295 g/mol. The Kier molecular flexibility index (Phi) is 4.88. The van der Waals surface area contributed by atoms with Gasteiger partial charge in [-0.05, 0) is 30.2 Å². The van der Waals surface area contributed by atoms with Gasteiger partial charge in [-0.3, -0.25) is 5.43 Å². The van der Waals surface area contributed by atoms with E-state index < -0.39 is 0 Å². The Morgan fingerprint density at radius 1 is 0.909 bits per heavy atom. The Labute approximate surface area is 133 Å². The molecule has 1 aliphatic heterocycles. The summed E-state index contributed by atoms with van der Waals surface area (Å²) < 4.78 is 0. The molecule has 3 unspecified atom stereocenters. The van der Waals surface area contributed by atoms with Gasteiger partial charge >= 0.3 is 0 Å². The Morgan fingerprint density at radius 2 is 1.59 bits per heavy atom. The van der Waals surface area contributed by atoms with Crippen LogP contribution in [0.3, 0.4) is 0 Å². The summed E-state index contributed by atoms with van der Waals surface area (Å²) in [4.78, 5) is 0. The second kappa shape index (κ2) is 7.05. The van der Waals surface area contributed by atoms with Gasteiger partial charge in [0.25, 0.3) is 0 Å². The SMILES string of the molecule is CCNCC1C(C)NNC1c1ccc(-c2ccccc2)cc1. The van der Waals surface area contributed by atoms with E-state index in [1.807, 2.05) is 0 Å². The van der Waals surface area contributed by atoms with Crippen molar-refractivity contribution in [3.8, 4) is 11.1 Å². The van der Waals surface area contributed by atoms with Crippen LogP contribution in [0.2, 0.25) is 0 Å². The molecule has 116 valence electrons. The second-order valence-electron chi connectivity index (χ2n) is 6.01. The Morgan fingerprint density at radius 3 is 2.27 bits per heavy atom. The molecule has 2 aromatic rings. The van der Waals surface area contributed by atoms with Gasteiger partial charge in [0.05, 0.1) is 6.04 Å². The quantitative estimate of drug-likeness (QED) is 0.793. The van der Waals surface area contributed by atoms with Gasteiger partial charge < -0.3 is 5.32 Å². The first kappa shape index (κ1) is 15.2. The molecule has 3 heteroatoms. The Balaban J connectivity index is 1.77. The fourth-order valence-electron chi connectivity index (χ4n) is 3.17. The van der Waals surface area contributed by atoms with Crippen molar-refractivity contribution in [2.45, 2.75) is 25.9 Å². The molecule has 0 aliphatic carbocycles. The highest BCUT2D eigenvalue weighted by atomic mass is 15.4. The zero-order valence-electron chi connectivity index (χ0n) is 13.3. The minimum Gasteiger partial charge on any atom is -0.317 e. The summed E-state index contributed by atoms with van der Waals surface area (Å²) in [5.41, 5.74) is 10.7. The molecule has 3 atom stereocenters. The molecular weight excluding hydrogens is 270 g/mol. The maximum atomic E-state index is 3.48. The van der Waals surface area contributed by atoms with Crippen LogP contribution in [-0.4, -0.2) is 19.1 Å². The van der Waals surface area contributed by atoms with Crippen molar-refractivity contribution < 1.29 is 0 Å². The molecule has 3 rings (SSSR count). The summed E-state index contributed by atoms with van der Waals surface area (Å²) in [6.07, 6.45) is 0. The lowest BCUT2D eigenvalue weighted by Gasteiger charge is -2.21. The first-order valence-corrected chi connectivity index (χ1v) is 8.16. The molecule has 3 nitrogen and oxygen atoms in total. The lowest BCUT2D eigenvalue weighted by molar-refractivity contribution is 0.408. The molecule has 0 spiro atoms. The van der Waals surface area contributed by atoms with Crippen LogP contribution in [0.5, 0.6) is 0 Å². The molecule has 0 aromatic heterocycles. The highest BCUT2D eigenvalue weighted by molar-refractivity contribution is 5.63. The third-order valence-electron chi connectivity index (χ3n) is 4.54. The molecule has 22 heavy (non-hydrogen) atoms. The smallest absolute Gasteiger partial charge is 0.0518 e. The summed E-state index contributed by atoms with van der Waals surface area (Å²) in [7, 11) is 0. The Bertz CT molecular complexity index is 579. The molecule has 1 saturated heterocycles. The fraction of sp³-hybridized carbons (Fsp3) is 0.368. The highest BCUT2D eigenvalue weighted by Crippen LogP contribution is 2.30. The van der Waals surface area contributed by atoms with Crippen molar-refractivity contribution in [2.24, 2.45) is 5.92 Å². The molecular formula is C19H25N3. The Hall–Kier alpha value is -1.68. The van der Waals surface area contributed by atoms with Crippen molar-refractivity contribution in [1.29, 1.82) is 0 Å². The molecule has 2 aromatic carbocycles. The van der Waals surface area contributed by atoms with Crippen molar-refractivity contribution >= 4 is 0 Å². The number of benzene rings is 2. The zero-order chi connectivity index (χ0) is 15.4. The van der Waals surface area contributed by atoms with E-state index in [1.54, 1.807) is 0 Å². The number of hydrazine groups is 1. The van der Waals surface area contributed by atoms with Gasteiger partial charge in [0, 0.05) is 18.5 Å². The molecule has 1 heterocycles. The van der Waals surface area contributed by atoms with E-state index in [2.05, 4.69) is 84.6 Å². The molecule has 0 radical (unpaired) electrons. The van der Waals surface area contributed by atoms with Gasteiger partial charge in [-0.2, -0.15) is 0 Å². The number of rotatable bonds is 5. The van der Waals surface area contributed by atoms with Gasteiger partial charge in [-0.15, -0.1) is 0 Å². The van der Waals surface area contributed by atoms with Crippen LogP contribution in [0, 0.1) is 5.92 Å². The fourth-order valence-corrected chi connectivity index (χ4v) is 3.17. The van der Waals surface area contributed by atoms with Crippen molar-refractivity contribution in [3.63, 3.8) is 0 Å². The lowest BCUT2D eigenvalue weighted by Crippen LogP contribution is -2.32. The first-order chi connectivity index (χ1) is 10.8. The maximum Gasteiger partial charge on any atom is 0.0518 e. The van der Waals surface area contributed by atoms with Crippen LogP contribution < -0.4 is 16.2 Å². The molecule has 0 saturated carbocycles. The second-order valence-corrected chi connectivity index (χ2v) is 6.01. The highest BCUT2D eigenvalue weighted by Gasteiger charge is 2.33. The van der Waals surface area contributed by atoms with Crippen LogP contribution >= 0.6 is 0 Å². The van der Waals surface area contributed by atoms with Gasteiger partial charge in [-0.1, -0.05) is 61.5 Å². The van der Waals surface area contributed by atoms with Crippen LogP contribution in [0.25, 0.3) is 11.1 Å². The predicted molar refractivity (Wildman–Crippen MR) is 92.4 cm³/mol. The number of nitrogens with one attached hydrogen (secondary N) is 3. The molecule has 0 bridgehead atoms. The van der Waals surface area contributed by atoms with Crippen LogP contribution in [0.4, 0.5) is 0 Å². The normalized spacial score (nSPS) is 24.5. The minimum absolute atomic E-state index is 0.360. The summed E-state index contributed by atoms with van der Waals surface area (Å²) in [6, 6.07) is 20.3. The largest absolute Gasteiger partial charge is 0.317 e. The standard InChI is InChI=1S/C19H25N3/c1-3-20-13-18-14(2)21-22-19(18)17-11-9-16(10-12-17)15-7-5-4-6-8-15/h4-12,14,18-22H,3,13H2,1-2H3. The maximum absolute atomic E-state index is 3.48. The van der Waals surface area contributed by atoms with Crippen LogP contribution in [-0.2, 0) is 0 Å². The van der Waals surface area contributed by atoms with Gasteiger partial charge in [0.1, 0.15) is 0 Å². The van der Waals surface area contributed by atoms with E-state index in [0.717, 1.165) is 13.1 Å². The van der Waals surface area contributed by atoms with Crippen LogP contribution in [0.15, 0.2) is 54.6 Å². The third kappa shape index (κ3) is 3.22. The average Bonchev–Trinajstić information content (AvgIpc) is 2.94. The van der Waals surface area contributed by atoms with Gasteiger partial charge in [-0.25, -0.2) is 5.43 Å². The van der Waals surface area contributed by atoms with E-state index >= 15 is 0 Å². The van der Waals surface area contributed by atoms with Gasteiger partial charge in [0.15, 0.2) is 0 Å². The number of hydrogen-bond donors (Lipinski definition) is 3. The van der Waals surface area contributed by atoms with Gasteiger partial charge in [0.2, 0.25) is 0 Å². The molecule has 0 amide bonds. The van der Waals surface area contributed by atoms with E-state index in [4.69, 9.17) is 0 Å². The third-order valence-corrected chi connectivity index (χ3v) is 4.54. The number of hydrogen-bond acceptors (Lipinski definition) is 3. The van der Waals surface area contributed by atoms with Crippen molar-refractivity contribution in [1.82, 2.24) is 16.2 Å². The van der Waals surface area contributed by atoms with Crippen molar-refractivity contribution in [3.05, 3.63) is 60.2 Å². The topological polar surface area (TPSA) is 36.1 Å². The van der Waals surface area contributed by atoms with E-state index in [-0.39, 0.29) is 0 Å². The molecule has 3 N–H and O–H groups in total. The summed E-state index contributed by atoms with van der Waals surface area (Å²) in [5, 5.41) is 3.48. The van der Waals surface area contributed by atoms with Crippen LogP contribution in [0.1, 0.15) is 25.5 Å². The minimum atomic E-state index is 0.360. The summed E-state index contributed by atoms with van der Waals surface area (Å²) in [5.74, 6) is 0.558. The first-order valence-electron chi connectivity index (χ1n) is 8.16. The summed E-state index contributed by atoms with van der Waals surface area (Å²) >= 11 is 0. The van der Waals surface area contributed by atoms with E-state index in [9.17, 15) is 0 Å². The van der Waals surface area contributed by atoms with E-state index in [1.165, 1.54) is 16.7 Å². The van der Waals surface area contributed by atoms with Crippen molar-refractivity contribution in [2.75, 3.05) is 13.1 Å². The summed E-state index contributed by atoms with van der Waals surface area (Å²) in [6.45, 7) is 6.45. The van der Waals surface area contributed by atoms with E-state index in [0.29, 0.717) is 18.0 Å².